The molecule has 1 aromatic heterocycles. The number of urea groups is 1. The number of benzene rings is 2. The molecule has 0 unspecified atom stereocenters. The van der Waals surface area contributed by atoms with E-state index in [1.54, 1.807) is 0 Å². The van der Waals surface area contributed by atoms with Gasteiger partial charge in [0.1, 0.15) is 5.82 Å². The summed E-state index contributed by atoms with van der Waals surface area (Å²) in [5, 5.41) is 2.09. The van der Waals surface area contributed by atoms with Gasteiger partial charge in [-0.15, -0.1) is 0 Å². The summed E-state index contributed by atoms with van der Waals surface area (Å²) in [6.45, 7) is 0. The first-order valence-electron chi connectivity index (χ1n) is 9.20. The van der Waals surface area contributed by atoms with Crippen molar-refractivity contribution in [3.05, 3.63) is 74.4 Å². The molecular formula is C20H15ClF3N3O4S. The topological polar surface area (TPSA) is 99.3 Å². The summed E-state index contributed by atoms with van der Waals surface area (Å²) in [4.78, 5) is 28.7. The van der Waals surface area contributed by atoms with Crippen molar-refractivity contribution in [1.29, 1.82) is 0 Å². The van der Waals surface area contributed by atoms with Gasteiger partial charge in [0.15, 0.2) is 21.5 Å². The highest BCUT2D eigenvalue weighted by Gasteiger charge is 2.37. The summed E-state index contributed by atoms with van der Waals surface area (Å²) in [6.07, 6.45) is 0. The number of sulfone groups is 1. The van der Waals surface area contributed by atoms with Gasteiger partial charge in [0.2, 0.25) is 0 Å². The lowest BCUT2D eigenvalue weighted by atomic mass is 9.97. The van der Waals surface area contributed by atoms with E-state index < -0.39 is 56.4 Å². The number of anilines is 1. The zero-order valence-corrected chi connectivity index (χ0v) is 18.0. The van der Waals surface area contributed by atoms with Crippen LogP contribution < -0.4 is 10.9 Å². The molecule has 3 aromatic rings. The Kier molecular flexibility index (Phi) is 5.41. The van der Waals surface area contributed by atoms with E-state index in [9.17, 15) is 31.2 Å². The largest absolute Gasteiger partial charge is 0.324 e. The predicted molar refractivity (Wildman–Crippen MR) is 113 cm³/mol. The SMILES string of the molecule is CN(C(=O)Nc1ccc(F)c(Cl)c1)[C@@H]1CS(=O)(=O)Cc2[nH]c(=O)c3cc(F)c(F)cc3c21. The number of halogens is 4. The molecule has 7 nitrogen and oxygen atoms in total. The molecule has 2 N–H and O–H groups in total. The van der Waals surface area contributed by atoms with E-state index in [-0.39, 0.29) is 32.7 Å². The Hall–Kier alpha value is -3.05. The molecule has 1 atom stereocenters. The van der Waals surface area contributed by atoms with Crippen molar-refractivity contribution in [3.63, 3.8) is 0 Å². The van der Waals surface area contributed by atoms with E-state index in [4.69, 9.17) is 11.6 Å². The minimum absolute atomic E-state index is 0.00534. The van der Waals surface area contributed by atoms with Gasteiger partial charge in [0.05, 0.1) is 28.0 Å². The number of nitrogens with zero attached hydrogens (tertiary/aromatic N) is 1. The number of H-pyrrole nitrogens is 1. The van der Waals surface area contributed by atoms with Crippen molar-refractivity contribution < 1.29 is 26.4 Å². The first kappa shape index (κ1) is 22.2. The number of aromatic nitrogens is 1. The lowest BCUT2D eigenvalue weighted by molar-refractivity contribution is 0.208. The van der Waals surface area contributed by atoms with E-state index >= 15 is 0 Å². The highest BCUT2D eigenvalue weighted by Crippen LogP contribution is 2.36. The van der Waals surface area contributed by atoms with E-state index in [2.05, 4.69) is 10.3 Å². The van der Waals surface area contributed by atoms with Crippen molar-refractivity contribution in [2.24, 2.45) is 0 Å². The Labute approximate surface area is 184 Å². The Morgan fingerprint density at radius 2 is 1.78 bits per heavy atom. The second kappa shape index (κ2) is 7.82. The van der Waals surface area contributed by atoms with E-state index in [0.29, 0.717) is 0 Å². The van der Waals surface area contributed by atoms with Crippen LogP contribution in [-0.2, 0) is 15.6 Å². The number of pyridine rings is 1. The second-order valence-electron chi connectivity index (χ2n) is 7.40. The van der Waals surface area contributed by atoms with E-state index in [1.807, 2.05) is 0 Å². The number of aromatic amines is 1. The fourth-order valence-corrected chi connectivity index (χ4v) is 5.56. The predicted octanol–water partition coefficient (Wildman–Crippen LogP) is 3.73. The summed E-state index contributed by atoms with van der Waals surface area (Å²) >= 11 is 5.72. The molecule has 0 bridgehead atoms. The number of hydrogen-bond acceptors (Lipinski definition) is 4. The maximum Gasteiger partial charge on any atom is 0.322 e. The number of rotatable bonds is 2. The molecule has 2 heterocycles. The van der Waals surface area contributed by atoms with Gasteiger partial charge in [0, 0.05) is 24.0 Å². The first-order chi connectivity index (χ1) is 15.0. The van der Waals surface area contributed by atoms with Gasteiger partial charge in [-0.1, -0.05) is 11.6 Å². The van der Waals surface area contributed by atoms with Gasteiger partial charge in [-0.3, -0.25) is 4.79 Å². The minimum Gasteiger partial charge on any atom is -0.324 e. The van der Waals surface area contributed by atoms with Crippen molar-refractivity contribution in [1.82, 2.24) is 9.88 Å². The zero-order valence-electron chi connectivity index (χ0n) is 16.4. The maximum absolute atomic E-state index is 14.0. The van der Waals surface area contributed by atoms with Gasteiger partial charge in [-0.2, -0.15) is 0 Å². The molecule has 2 aromatic carbocycles. The Morgan fingerprint density at radius 3 is 2.44 bits per heavy atom. The summed E-state index contributed by atoms with van der Waals surface area (Å²) < 4.78 is 66.1. The van der Waals surface area contributed by atoms with Crippen LogP contribution >= 0.6 is 11.6 Å². The molecule has 1 aliphatic rings. The van der Waals surface area contributed by atoms with Gasteiger partial charge in [-0.25, -0.2) is 26.4 Å². The third kappa shape index (κ3) is 3.93. The summed E-state index contributed by atoms with van der Waals surface area (Å²) in [7, 11) is -2.43. The van der Waals surface area contributed by atoms with Crippen LogP contribution in [0.4, 0.5) is 23.7 Å². The average molecular weight is 486 g/mol. The number of nitrogens with one attached hydrogen (secondary N) is 2. The van der Waals surface area contributed by atoms with E-state index in [1.165, 1.54) is 19.2 Å². The Bertz CT molecular complexity index is 1440. The number of carbonyl (C=O) groups excluding carboxylic acids is 1. The van der Waals surface area contributed by atoms with Crippen LogP contribution in [0.1, 0.15) is 17.3 Å². The van der Waals surface area contributed by atoms with Crippen molar-refractivity contribution in [2.75, 3.05) is 18.1 Å². The van der Waals surface area contributed by atoms with Crippen molar-refractivity contribution in [2.45, 2.75) is 11.8 Å². The quantitative estimate of drug-likeness (QED) is 0.577. The molecule has 168 valence electrons. The number of fused-ring (bicyclic) bond motifs is 3. The fourth-order valence-electron chi connectivity index (χ4n) is 3.72. The third-order valence-corrected chi connectivity index (χ3v) is 7.09. The van der Waals surface area contributed by atoms with Crippen LogP contribution in [0.3, 0.4) is 0 Å². The fraction of sp³-hybridized carbons (Fsp3) is 0.200. The molecule has 12 heteroatoms. The monoisotopic (exact) mass is 485 g/mol. The second-order valence-corrected chi connectivity index (χ2v) is 9.91. The summed E-state index contributed by atoms with van der Waals surface area (Å²) in [6, 6.07) is 3.16. The molecule has 0 spiro atoms. The number of carbonyl (C=O) groups is 1. The molecule has 0 aliphatic carbocycles. The highest BCUT2D eigenvalue weighted by atomic mass is 35.5. The molecule has 2 amide bonds. The lowest BCUT2D eigenvalue weighted by Crippen LogP contribution is -2.41. The molecular weight excluding hydrogens is 471 g/mol. The number of amides is 2. The highest BCUT2D eigenvalue weighted by molar-refractivity contribution is 7.90. The minimum atomic E-state index is -3.74. The zero-order chi connectivity index (χ0) is 23.4. The van der Waals surface area contributed by atoms with Crippen molar-refractivity contribution >= 4 is 43.9 Å². The smallest absolute Gasteiger partial charge is 0.322 e. The van der Waals surface area contributed by atoms with Crippen LogP contribution in [0.2, 0.25) is 5.02 Å². The van der Waals surface area contributed by atoms with Crippen LogP contribution in [0.15, 0.2) is 35.1 Å². The van der Waals surface area contributed by atoms with Crippen LogP contribution in [0.25, 0.3) is 10.8 Å². The first-order valence-corrected chi connectivity index (χ1v) is 11.4. The van der Waals surface area contributed by atoms with Gasteiger partial charge in [-0.05, 0) is 35.7 Å². The lowest BCUT2D eigenvalue weighted by Gasteiger charge is -2.33. The van der Waals surface area contributed by atoms with Gasteiger partial charge in [0.25, 0.3) is 5.56 Å². The summed E-state index contributed by atoms with van der Waals surface area (Å²) in [5.41, 5.74) is -0.425. The molecule has 0 radical (unpaired) electrons. The average Bonchev–Trinajstić information content (AvgIpc) is 2.70. The molecule has 0 saturated carbocycles. The van der Waals surface area contributed by atoms with E-state index in [0.717, 1.165) is 23.1 Å². The molecule has 0 fully saturated rings. The number of hydrogen-bond donors (Lipinski definition) is 2. The maximum atomic E-state index is 14.0. The molecule has 0 saturated heterocycles. The van der Waals surface area contributed by atoms with Crippen LogP contribution in [-0.4, -0.2) is 37.1 Å². The summed E-state index contributed by atoms with van der Waals surface area (Å²) in [5.74, 6) is -4.16. The molecule has 4 rings (SSSR count). The Balaban J connectivity index is 1.81. The normalized spacial score (nSPS) is 17.1. The van der Waals surface area contributed by atoms with Crippen LogP contribution in [0, 0.1) is 17.5 Å². The van der Waals surface area contributed by atoms with Crippen molar-refractivity contribution in [3.8, 4) is 0 Å². The Morgan fingerprint density at radius 1 is 1.12 bits per heavy atom. The van der Waals surface area contributed by atoms with Gasteiger partial charge >= 0.3 is 6.03 Å². The standard InChI is InChI=1S/C20H15ClF3N3O4S/c1-27(20(29)25-9-2-3-13(22)12(21)4-9)17-8-32(30,31)7-16-18(17)10-5-14(23)15(24)6-11(10)19(28)26-16/h2-6,17H,7-8H2,1H3,(H,25,29)(H,26,28)/t17-/m1/s1. The molecule has 32 heavy (non-hydrogen) atoms. The third-order valence-electron chi connectivity index (χ3n) is 5.25. The van der Waals surface area contributed by atoms with Gasteiger partial charge < -0.3 is 15.2 Å². The van der Waals surface area contributed by atoms with Crippen LogP contribution in [0.5, 0.6) is 0 Å². The molecule has 1 aliphatic heterocycles.